The Kier molecular flexibility index (Phi) is 5.67. The molecule has 0 aliphatic carbocycles. The molecule has 1 amide bonds. The highest BCUT2D eigenvalue weighted by molar-refractivity contribution is 7.21. The molecule has 1 unspecified atom stereocenters. The summed E-state index contributed by atoms with van der Waals surface area (Å²) in [5, 5.41) is 4.36. The lowest BCUT2D eigenvalue weighted by Gasteiger charge is -2.11. The molecule has 1 heterocycles. The van der Waals surface area contributed by atoms with Gasteiger partial charge in [-0.3, -0.25) is 4.79 Å². The van der Waals surface area contributed by atoms with Crippen LogP contribution in [0.15, 0.2) is 18.2 Å². The fourth-order valence-corrected chi connectivity index (χ4v) is 3.46. The standard InChI is InChI=1S/C15H15Cl2NO3S/c1-3-8(2)18-12(19)7-21-15(20)14-13(17)10-5-4-9(16)6-11(10)22-14/h4-6,8H,3,7H2,1-2H3,(H,18,19). The molecular formula is C15H15Cl2NO3S. The Hall–Kier alpha value is -1.30. The lowest BCUT2D eigenvalue weighted by Crippen LogP contribution is -2.35. The highest BCUT2D eigenvalue weighted by Crippen LogP contribution is 2.37. The van der Waals surface area contributed by atoms with Gasteiger partial charge in [-0.2, -0.15) is 0 Å². The van der Waals surface area contributed by atoms with Gasteiger partial charge in [-0.1, -0.05) is 36.2 Å². The van der Waals surface area contributed by atoms with Crippen molar-refractivity contribution in [3.05, 3.63) is 33.1 Å². The largest absolute Gasteiger partial charge is 0.451 e. The van der Waals surface area contributed by atoms with Crippen molar-refractivity contribution in [1.29, 1.82) is 0 Å². The summed E-state index contributed by atoms with van der Waals surface area (Å²) in [5.41, 5.74) is 0. The molecule has 0 spiro atoms. The number of carbonyl (C=O) groups excluding carboxylic acids is 2. The second kappa shape index (κ2) is 7.31. The molecule has 7 heteroatoms. The van der Waals surface area contributed by atoms with Crippen LogP contribution in [0.1, 0.15) is 29.9 Å². The van der Waals surface area contributed by atoms with E-state index in [1.807, 2.05) is 13.8 Å². The minimum absolute atomic E-state index is 0.0428. The molecule has 0 radical (unpaired) electrons. The van der Waals surface area contributed by atoms with Crippen LogP contribution in [0, 0.1) is 0 Å². The van der Waals surface area contributed by atoms with Crippen molar-refractivity contribution in [2.75, 3.05) is 6.61 Å². The third-order valence-corrected chi connectivity index (χ3v) is 5.00. The zero-order valence-electron chi connectivity index (χ0n) is 12.1. The van der Waals surface area contributed by atoms with E-state index in [9.17, 15) is 9.59 Å². The van der Waals surface area contributed by atoms with Crippen molar-refractivity contribution in [3.63, 3.8) is 0 Å². The van der Waals surface area contributed by atoms with Crippen LogP contribution >= 0.6 is 34.5 Å². The number of esters is 1. The number of rotatable bonds is 5. The van der Waals surface area contributed by atoms with E-state index >= 15 is 0 Å². The Morgan fingerprint density at radius 3 is 2.77 bits per heavy atom. The topological polar surface area (TPSA) is 55.4 Å². The van der Waals surface area contributed by atoms with Crippen molar-refractivity contribution in [2.24, 2.45) is 0 Å². The molecule has 2 rings (SSSR count). The zero-order chi connectivity index (χ0) is 16.3. The number of thiophene rings is 1. The van der Waals surface area contributed by atoms with E-state index in [0.717, 1.165) is 16.5 Å². The number of halogens is 2. The molecule has 1 N–H and O–H groups in total. The van der Waals surface area contributed by atoms with Gasteiger partial charge in [-0.25, -0.2) is 4.79 Å². The first-order valence-electron chi connectivity index (χ1n) is 6.76. The van der Waals surface area contributed by atoms with E-state index in [1.54, 1.807) is 18.2 Å². The molecule has 0 fully saturated rings. The Morgan fingerprint density at radius 2 is 2.09 bits per heavy atom. The van der Waals surface area contributed by atoms with Gasteiger partial charge in [0.25, 0.3) is 5.91 Å². The second-order valence-corrected chi connectivity index (χ2v) is 6.71. The number of amides is 1. The fourth-order valence-electron chi connectivity index (χ4n) is 1.79. The first kappa shape index (κ1) is 17.1. The number of carbonyl (C=O) groups is 2. The molecule has 1 atom stereocenters. The van der Waals surface area contributed by atoms with Gasteiger partial charge < -0.3 is 10.1 Å². The maximum absolute atomic E-state index is 12.1. The third-order valence-electron chi connectivity index (χ3n) is 3.13. The minimum atomic E-state index is -0.610. The fraction of sp³-hybridized carbons (Fsp3) is 0.333. The molecule has 0 bridgehead atoms. The summed E-state index contributed by atoms with van der Waals surface area (Å²) >= 11 is 13.3. The third kappa shape index (κ3) is 3.91. The summed E-state index contributed by atoms with van der Waals surface area (Å²) in [5.74, 6) is -0.940. The van der Waals surface area contributed by atoms with Crippen LogP contribution in [0.3, 0.4) is 0 Å². The van der Waals surface area contributed by atoms with Crippen molar-refractivity contribution in [1.82, 2.24) is 5.32 Å². The zero-order valence-corrected chi connectivity index (χ0v) is 14.4. The van der Waals surface area contributed by atoms with Crippen LogP contribution in [0.5, 0.6) is 0 Å². The number of hydrogen-bond donors (Lipinski definition) is 1. The van der Waals surface area contributed by atoms with Gasteiger partial charge in [-0.05, 0) is 25.5 Å². The molecule has 0 aliphatic rings. The maximum Gasteiger partial charge on any atom is 0.350 e. The monoisotopic (exact) mass is 359 g/mol. The molecule has 0 saturated carbocycles. The molecular weight excluding hydrogens is 345 g/mol. The van der Waals surface area contributed by atoms with Crippen molar-refractivity contribution in [2.45, 2.75) is 26.3 Å². The van der Waals surface area contributed by atoms with Crippen molar-refractivity contribution in [3.8, 4) is 0 Å². The van der Waals surface area contributed by atoms with Crippen molar-refractivity contribution < 1.29 is 14.3 Å². The summed E-state index contributed by atoms with van der Waals surface area (Å²) in [6, 6.07) is 5.24. The number of ether oxygens (including phenoxy) is 1. The predicted molar refractivity (Wildman–Crippen MR) is 90.0 cm³/mol. The molecule has 0 aliphatic heterocycles. The molecule has 1 aromatic heterocycles. The number of nitrogens with one attached hydrogen (secondary N) is 1. The summed E-state index contributed by atoms with van der Waals surface area (Å²) in [7, 11) is 0. The van der Waals surface area contributed by atoms with Gasteiger partial charge in [0, 0.05) is 21.2 Å². The molecule has 2 aromatic rings. The van der Waals surface area contributed by atoms with Gasteiger partial charge >= 0.3 is 5.97 Å². The predicted octanol–water partition coefficient (Wildman–Crippen LogP) is 4.28. The van der Waals surface area contributed by atoms with Gasteiger partial charge in [-0.15, -0.1) is 11.3 Å². The van der Waals surface area contributed by atoms with Crippen LogP contribution in [0.4, 0.5) is 0 Å². The quantitative estimate of drug-likeness (QED) is 0.810. The average Bonchev–Trinajstić information content (AvgIpc) is 2.81. The summed E-state index contributed by atoms with van der Waals surface area (Å²) < 4.78 is 5.82. The highest BCUT2D eigenvalue weighted by atomic mass is 35.5. The normalized spacial score (nSPS) is 12.2. The summed E-state index contributed by atoms with van der Waals surface area (Å²) in [6.07, 6.45) is 0.808. The van der Waals surface area contributed by atoms with Crippen LogP contribution < -0.4 is 5.32 Å². The Morgan fingerprint density at radius 1 is 1.36 bits per heavy atom. The maximum atomic E-state index is 12.1. The molecule has 22 heavy (non-hydrogen) atoms. The number of hydrogen-bond acceptors (Lipinski definition) is 4. The van der Waals surface area contributed by atoms with Gasteiger partial charge in [0.1, 0.15) is 4.88 Å². The van der Waals surface area contributed by atoms with E-state index in [1.165, 1.54) is 11.3 Å². The van der Waals surface area contributed by atoms with E-state index in [-0.39, 0.29) is 23.4 Å². The lowest BCUT2D eigenvalue weighted by atomic mass is 10.2. The van der Waals surface area contributed by atoms with E-state index in [4.69, 9.17) is 27.9 Å². The van der Waals surface area contributed by atoms with Gasteiger partial charge in [0.2, 0.25) is 0 Å². The Bertz CT molecular complexity index is 714. The van der Waals surface area contributed by atoms with Gasteiger partial charge in [0.05, 0.1) is 5.02 Å². The second-order valence-electron chi connectivity index (χ2n) is 4.84. The Balaban J connectivity index is 2.07. The van der Waals surface area contributed by atoms with E-state index in [2.05, 4.69) is 5.32 Å². The molecule has 4 nitrogen and oxygen atoms in total. The first-order chi connectivity index (χ1) is 10.4. The van der Waals surface area contributed by atoms with E-state index < -0.39 is 5.97 Å². The van der Waals surface area contributed by atoms with Crippen LogP contribution in [0.2, 0.25) is 10.0 Å². The van der Waals surface area contributed by atoms with Crippen LogP contribution in [-0.4, -0.2) is 24.5 Å². The summed E-state index contributed by atoms with van der Waals surface area (Å²) in [6.45, 7) is 3.51. The molecule has 118 valence electrons. The van der Waals surface area contributed by atoms with Gasteiger partial charge in [0.15, 0.2) is 6.61 Å². The average molecular weight is 360 g/mol. The molecule has 0 saturated heterocycles. The highest BCUT2D eigenvalue weighted by Gasteiger charge is 2.19. The number of fused-ring (bicyclic) bond motifs is 1. The number of benzene rings is 1. The SMILES string of the molecule is CCC(C)NC(=O)COC(=O)c1sc2cc(Cl)ccc2c1Cl. The van der Waals surface area contributed by atoms with Crippen LogP contribution in [0.25, 0.3) is 10.1 Å². The van der Waals surface area contributed by atoms with Crippen LogP contribution in [-0.2, 0) is 9.53 Å². The summed E-state index contributed by atoms with van der Waals surface area (Å²) in [4.78, 5) is 24.0. The molecule has 1 aromatic carbocycles. The lowest BCUT2D eigenvalue weighted by molar-refractivity contribution is -0.124. The van der Waals surface area contributed by atoms with Crippen molar-refractivity contribution >= 4 is 56.5 Å². The minimum Gasteiger partial charge on any atom is -0.451 e. The van der Waals surface area contributed by atoms with E-state index in [0.29, 0.717) is 10.0 Å². The first-order valence-corrected chi connectivity index (χ1v) is 8.33. The Labute approximate surface area is 142 Å². The smallest absolute Gasteiger partial charge is 0.350 e.